The van der Waals surface area contributed by atoms with Crippen LogP contribution in [0.25, 0.3) is 0 Å². The van der Waals surface area contributed by atoms with Gasteiger partial charge in [-0.2, -0.15) is 5.10 Å². The number of amides is 2. The second kappa shape index (κ2) is 9.08. The third kappa shape index (κ3) is 4.42. The van der Waals surface area contributed by atoms with Crippen molar-refractivity contribution in [3.63, 3.8) is 0 Å². The largest absolute Gasteiger partial charge is 0.493 e. The normalized spacial score (nSPS) is 16.2. The lowest BCUT2D eigenvalue weighted by Gasteiger charge is -2.18. The molecule has 1 aliphatic heterocycles. The summed E-state index contributed by atoms with van der Waals surface area (Å²) in [5.41, 5.74) is 0.682. The summed E-state index contributed by atoms with van der Waals surface area (Å²) in [6.45, 7) is 3.46. The summed E-state index contributed by atoms with van der Waals surface area (Å²) in [7, 11) is 3.10. The number of methoxy groups -OCH3 is 2. The zero-order valence-corrected chi connectivity index (χ0v) is 17.5. The average molecular weight is 420 g/mol. The molecule has 0 radical (unpaired) electrons. The summed E-state index contributed by atoms with van der Waals surface area (Å²) in [4.78, 5) is 26.6. The van der Waals surface area contributed by atoms with Gasteiger partial charge in [0.1, 0.15) is 5.82 Å². The van der Waals surface area contributed by atoms with Gasteiger partial charge in [-0.1, -0.05) is 0 Å². The molecule has 2 N–H and O–H groups in total. The maximum Gasteiger partial charge on any atom is 0.227 e. The van der Waals surface area contributed by atoms with E-state index >= 15 is 0 Å². The smallest absolute Gasteiger partial charge is 0.227 e. The van der Waals surface area contributed by atoms with Crippen LogP contribution in [0.3, 0.4) is 0 Å². The third-order valence-electron chi connectivity index (χ3n) is 4.98. The number of rotatable bonds is 8. The molecule has 1 atom stereocenters. The zero-order chi connectivity index (χ0) is 21.0. The topological polar surface area (TPSA) is 101 Å². The number of nitrogens with one attached hydrogen (secondary N) is 2. The van der Waals surface area contributed by atoms with E-state index in [1.165, 1.54) is 0 Å². The number of carbonyl (C=O) groups excluding carboxylic acids is 2. The van der Waals surface area contributed by atoms with Crippen LogP contribution in [0.2, 0.25) is 0 Å². The van der Waals surface area contributed by atoms with Crippen LogP contribution >= 0.6 is 12.2 Å². The predicted octanol–water partition coefficient (Wildman–Crippen LogP) is 1.69. The van der Waals surface area contributed by atoms with Gasteiger partial charge in [-0.25, -0.2) is 0 Å². The highest BCUT2D eigenvalue weighted by atomic mass is 32.1. The monoisotopic (exact) mass is 419 g/mol. The summed E-state index contributed by atoms with van der Waals surface area (Å²) in [5, 5.41) is 9.85. The van der Waals surface area contributed by atoms with Gasteiger partial charge < -0.3 is 24.3 Å². The number of carbonyl (C=O) groups is 2. The van der Waals surface area contributed by atoms with Gasteiger partial charge in [0, 0.05) is 44.2 Å². The minimum Gasteiger partial charge on any atom is -0.493 e. The molecule has 2 aromatic rings. The second-order valence-electron chi connectivity index (χ2n) is 6.67. The molecule has 0 spiro atoms. The van der Waals surface area contributed by atoms with Crippen molar-refractivity contribution in [2.45, 2.75) is 26.3 Å². The minimum absolute atomic E-state index is 0.0933. The SMILES string of the molecule is CCn1c(CCNC(=O)C2CC(=O)N(c3ccc(OC)c(OC)c3)C2)n[nH]c1=S. The van der Waals surface area contributed by atoms with Gasteiger partial charge in [0.05, 0.1) is 20.1 Å². The Morgan fingerprint density at radius 1 is 1.34 bits per heavy atom. The quantitative estimate of drug-likeness (QED) is 0.632. The van der Waals surface area contributed by atoms with Crippen molar-refractivity contribution in [1.29, 1.82) is 0 Å². The summed E-state index contributed by atoms with van der Waals surface area (Å²) in [6, 6.07) is 5.27. The van der Waals surface area contributed by atoms with Crippen molar-refractivity contribution >= 4 is 29.7 Å². The Labute approximate surface area is 174 Å². The number of benzene rings is 1. The van der Waals surface area contributed by atoms with Gasteiger partial charge in [0.15, 0.2) is 16.3 Å². The molecule has 10 heteroatoms. The van der Waals surface area contributed by atoms with E-state index in [-0.39, 0.29) is 18.2 Å². The fraction of sp³-hybridized carbons (Fsp3) is 0.474. The van der Waals surface area contributed by atoms with E-state index in [0.29, 0.717) is 41.5 Å². The molecule has 2 heterocycles. The first-order valence-corrected chi connectivity index (χ1v) is 9.83. The van der Waals surface area contributed by atoms with E-state index in [1.54, 1.807) is 37.3 Å². The Balaban J connectivity index is 1.59. The Bertz CT molecular complexity index is 954. The number of hydrogen-bond donors (Lipinski definition) is 2. The van der Waals surface area contributed by atoms with Gasteiger partial charge in [0.25, 0.3) is 0 Å². The minimum atomic E-state index is -0.400. The Morgan fingerprint density at radius 3 is 2.79 bits per heavy atom. The first-order valence-electron chi connectivity index (χ1n) is 9.42. The Morgan fingerprint density at radius 2 is 2.10 bits per heavy atom. The van der Waals surface area contributed by atoms with Gasteiger partial charge in [-0.05, 0) is 31.3 Å². The van der Waals surface area contributed by atoms with Crippen molar-refractivity contribution in [2.24, 2.45) is 5.92 Å². The maximum absolute atomic E-state index is 12.6. The molecule has 1 aliphatic rings. The van der Waals surface area contributed by atoms with E-state index < -0.39 is 5.92 Å². The fourth-order valence-electron chi connectivity index (χ4n) is 3.43. The van der Waals surface area contributed by atoms with Crippen LogP contribution in [-0.4, -0.2) is 53.9 Å². The highest BCUT2D eigenvalue weighted by Crippen LogP contribution is 2.34. The number of aromatic amines is 1. The molecule has 1 saturated heterocycles. The molecule has 1 aromatic carbocycles. The van der Waals surface area contributed by atoms with Gasteiger partial charge in [-0.3, -0.25) is 14.7 Å². The van der Waals surface area contributed by atoms with E-state index in [4.69, 9.17) is 21.7 Å². The van der Waals surface area contributed by atoms with Crippen LogP contribution < -0.4 is 19.7 Å². The third-order valence-corrected chi connectivity index (χ3v) is 5.29. The molecular formula is C19H25N5O4S. The summed E-state index contributed by atoms with van der Waals surface area (Å²) in [6.07, 6.45) is 0.737. The van der Waals surface area contributed by atoms with E-state index in [0.717, 1.165) is 12.4 Å². The van der Waals surface area contributed by atoms with Crippen LogP contribution in [0.15, 0.2) is 18.2 Å². The standard InChI is InChI=1S/C19H25N5O4S/c1-4-23-16(21-22-19(23)29)7-8-20-18(26)12-9-17(25)24(11-12)13-5-6-14(27-2)15(10-13)28-3/h5-6,10,12H,4,7-9,11H2,1-3H3,(H,20,26)(H,22,29). The molecule has 1 fully saturated rings. The molecule has 2 amide bonds. The molecule has 156 valence electrons. The lowest BCUT2D eigenvalue weighted by molar-refractivity contribution is -0.126. The van der Waals surface area contributed by atoms with Crippen LogP contribution in [0, 0.1) is 10.7 Å². The second-order valence-corrected chi connectivity index (χ2v) is 7.06. The van der Waals surface area contributed by atoms with Crippen LogP contribution in [-0.2, 0) is 22.6 Å². The predicted molar refractivity (Wildman–Crippen MR) is 110 cm³/mol. The molecule has 1 aromatic heterocycles. The molecular weight excluding hydrogens is 394 g/mol. The molecule has 29 heavy (non-hydrogen) atoms. The lowest BCUT2D eigenvalue weighted by Crippen LogP contribution is -2.34. The lowest BCUT2D eigenvalue weighted by atomic mass is 10.1. The van der Waals surface area contributed by atoms with Crippen molar-refractivity contribution in [3.8, 4) is 11.5 Å². The summed E-state index contributed by atoms with van der Waals surface area (Å²) >= 11 is 5.17. The van der Waals surface area contributed by atoms with E-state index in [9.17, 15) is 9.59 Å². The van der Waals surface area contributed by atoms with E-state index in [1.807, 2.05) is 11.5 Å². The highest BCUT2D eigenvalue weighted by Gasteiger charge is 2.35. The zero-order valence-electron chi connectivity index (χ0n) is 16.7. The number of aromatic nitrogens is 3. The van der Waals surface area contributed by atoms with Crippen LogP contribution in [0.1, 0.15) is 19.2 Å². The van der Waals surface area contributed by atoms with Gasteiger partial charge in [0.2, 0.25) is 11.8 Å². The van der Waals surface area contributed by atoms with Crippen molar-refractivity contribution in [1.82, 2.24) is 20.1 Å². The first-order chi connectivity index (χ1) is 14.0. The molecule has 3 rings (SSSR count). The maximum atomic E-state index is 12.6. The molecule has 0 saturated carbocycles. The van der Waals surface area contributed by atoms with E-state index in [2.05, 4.69) is 15.5 Å². The molecule has 0 aliphatic carbocycles. The molecule has 0 bridgehead atoms. The Kier molecular flexibility index (Phi) is 6.53. The summed E-state index contributed by atoms with van der Waals surface area (Å²) < 4.78 is 13.0. The summed E-state index contributed by atoms with van der Waals surface area (Å²) in [5.74, 6) is 1.29. The number of hydrogen-bond acceptors (Lipinski definition) is 6. The number of anilines is 1. The molecule has 1 unspecified atom stereocenters. The number of H-pyrrole nitrogens is 1. The van der Waals surface area contributed by atoms with Gasteiger partial charge in [-0.15, -0.1) is 0 Å². The van der Waals surface area contributed by atoms with Crippen molar-refractivity contribution < 1.29 is 19.1 Å². The van der Waals surface area contributed by atoms with Crippen LogP contribution in [0.5, 0.6) is 11.5 Å². The van der Waals surface area contributed by atoms with Crippen molar-refractivity contribution in [2.75, 3.05) is 32.2 Å². The number of ether oxygens (including phenoxy) is 2. The molecule has 9 nitrogen and oxygen atoms in total. The fourth-order valence-corrected chi connectivity index (χ4v) is 3.71. The van der Waals surface area contributed by atoms with Gasteiger partial charge >= 0.3 is 0 Å². The average Bonchev–Trinajstić information content (AvgIpc) is 3.29. The van der Waals surface area contributed by atoms with Crippen LogP contribution in [0.4, 0.5) is 5.69 Å². The van der Waals surface area contributed by atoms with Crippen molar-refractivity contribution in [3.05, 3.63) is 28.8 Å². The first kappa shape index (κ1) is 20.8. The Hall–Kier alpha value is -2.88. The highest BCUT2D eigenvalue weighted by molar-refractivity contribution is 7.71. The number of nitrogens with zero attached hydrogens (tertiary/aromatic N) is 3.